The van der Waals surface area contributed by atoms with Crippen LogP contribution in [0.1, 0.15) is 12.8 Å². The molecule has 1 saturated heterocycles. The van der Waals surface area contributed by atoms with Crippen molar-refractivity contribution >= 4 is 17.5 Å². The van der Waals surface area contributed by atoms with Gasteiger partial charge in [-0.1, -0.05) is 18.2 Å². The molecule has 4 heteroatoms. The van der Waals surface area contributed by atoms with Crippen molar-refractivity contribution in [3.63, 3.8) is 0 Å². The Bertz CT molecular complexity index is 200. The summed E-state index contributed by atoms with van der Waals surface area (Å²) in [7, 11) is 0. The summed E-state index contributed by atoms with van der Waals surface area (Å²) in [5.74, 6) is 0.00580. The first-order valence-electron chi connectivity index (χ1n) is 4.39. The fourth-order valence-electron chi connectivity index (χ4n) is 1.27. The average molecular weight is 204 g/mol. The summed E-state index contributed by atoms with van der Waals surface area (Å²) >= 11 is 5.52. The predicted octanol–water partition coefficient (Wildman–Crippen LogP) is 1.28. The maximum Gasteiger partial charge on any atom is 0.225 e. The minimum absolute atomic E-state index is 0.00948. The molecule has 1 aliphatic rings. The summed E-state index contributed by atoms with van der Waals surface area (Å²) in [5, 5.41) is 3.15. The van der Waals surface area contributed by atoms with E-state index in [0.717, 1.165) is 19.4 Å². The van der Waals surface area contributed by atoms with E-state index in [9.17, 15) is 4.79 Å². The van der Waals surface area contributed by atoms with Crippen molar-refractivity contribution in [1.29, 1.82) is 0 Å². The van der Waals surface area contributed by atoms with Gasteiger partial charge >= 0.3 is 0 Å². The summed E-state index contributed by atoms with van der Waals surface area (Å²) in [6.45, 7) is 5.13. The Labute approximate surface area is 83.1 Å². The van der Waals surface area contributed by atoms with Gasteiger partial charge in [0.05, 0.1) is 19.1 Å². The Kier molecular flexibility index (Phi) is 4.25. The standard InChI is InChI=1S/C9H14ClNO2/c1-7(10)5-11-9(12)8-3-2-4-13-6-8/h8H,1-6H2,(H,11,12). The van der Waals surface area contributed by atoms with Gasteiger partial charge in [0.15, 0.2) is 0 Å². The lowest BCUT2D eigenvalue weighted by atomic mass is 10.0. The Morgan fingerprint density at radius 1 is 1.69 bits per heavy atom. The second kappa shape index (κ2) is 5.25. The lowest BCUT2D eigenvalue weighted by Gasteiger charge is -2.20. The van der Waals surface area contributed by atoms with E-state index < -0.39 is 0 Å². The van der Waals surface area contributed by atoms with Crippen molar-refractivity contribution in [3.8, 4) is 0 Å². The maximum absolute atomic E-state index is 11.4. The molecule has 0 spiro atoms. The number of ether oxygens (including phenoxy) is 1. The quantitative estimate of drug-likeness (QED) is 0.751. The van der Waals surface area contributed by atoms with E-state index in [0.29, 0.717) is 18.2 Å². The first-order chi connectivity index (χ1) is 6.20. The molecular formula is C9H14ClNO2. The van der Waals surface area contributed by atoms with Crippen LogP contribution in [-0.2, 0) is 9.53 Å². The Morgan fingerprint density at radius 2 is 2.46 bits per heavy atom. The van der Waals surface area contributed by atoms with E-state index in [-0.39, 0.29) is 11.8 Å². The summed E-state index contributed by atoms with van der Waals surface area (Å²) in [6.07, 6.45) is 1.86. The molecule has 1 N–H and O–H groups in total. The molecule has 74 valence electrons. The Morgan fingerprint density at radius 3 is 3.00 bits per heavy atom. The molecule has 0 aliphatic carbocycles. The van der Waals surface area contributed by atoms with Gasteiger partial charge in [-0.25, -0.2) is 0 Å². The molecule has 0 bridgehead atoms. The highest BCUT2D eigenvalue weighted by Gasteiger charge is 2.21. The molecule has 0 aromatic carbocycles. The van der Waals surface area contributed by atoms with Gasteiger partial charge in [0.25, 0.3) is 0 Å². The zero-order chi connectivity index (χ0) is 9.68. The van der Waals surface area contributed by atoms with Crippen LogP contribution in [0.25, 0.3) is 0 Å². The van der Waals surface area contributed by atoms with Gasteiger partial charge in [-0.3, -0.25) is 4.79 Å². The Hall–Kier alpha value is -0.540. The average Bonchev–Trinajstić information content (AvgIpc) is 2.15. The van der Waals surface area contributed by atoms with Gasteiger partial charge in [-0.15, -0.1) is 0 Å². The Balaban J connectivity index is 2.25. The van der Waals surface area contributed by atoms with Gasteiger partial charge in [0, 0.05) is 11.6 Å². The van der Waals surface area contributed by atoms with E-state index in [1.54, 1.807) is 0 Å². The first-order valence-corrected chi connectivity index (χ1v) is 4.76. The van der Waals surface area contributed by atoms with E-state index in [1.165, 1.54) is 0 Å². The van der Waals surface area contributed by atoms with Crippen LogP contribution in [0.5, 0.6) is 0 Å². The molecule has 0 radical (unpaired) electrons. The highest BCUT2D eigenvalue weighted by atomic mass is 35.5. The molecule has 13 heavy (non-hydrogen) atoms. The van der Waals surface area contributed by atoms with E-state index in [1.807, 2.05) is 0 Å². The monoisotopic (exact) mass is 203 g/mol. The number of halogens is 1. The lowest BCUT2D eigenvalue weighted by Crippen LogP contribution is -2.36. The summed E-state index contributed by atoms with van der Waals surface area (Å²) in [6, 6.07) is 0. The minimum atomic E-state index is -0.00948. The number of carbonyl (C=O) groups excluding carboxylic acids is 1. The van der Waals surface area contributed by atoms with Crippen LogP contribution in [0.3, 0.4) is 0 Å². The highest BCUT2D eigenvalue weighted by molar-refractivity contribution is 6.29. The number of rotatable bonds is 3. The molecule has 1 rings (SSSR count). The normalized spacial score (nSPS) is 22.4. The van der Waals surface area contributed by atoms with Crippen molar-refractivity contribution in [3.05, 3.63) is 11.6 Å². The number of carbonyl (C=O) groups is 1. The molecule has 0 aromatic rings. The van der Waals surface area contributed by atoms with Crippen LogP contribution in [0.15, 0.2) is 11.6 Å². The highest BCUT2D eigenvalue weighted by Crippen LogP contribution is 2.13. The minimum Gasteiger partial charge on any atom is -0.381 e. The third-order valence-electron chi connectivity index (χ3n) is 1.99. The third kappa shape index (κ3) is 3.79. The third-order valence-corrected chi connectivity index (χ3v) is 2.12. The predicted molar refractivity (Wildman–Crippen MR) is 51.5 cm³/mol. The molecule has 1 amide bonds. The molecular weight excluding hydrogens is 190 g/mol. The summed E-state index contributed by atoms with van der Waals surface area (Å²) in [4.78, 5) is 11.4. The molecule has 1 heterocycles. The number of nitrogens with one attached hydrogen (secondary N) is 1. The topological polar surface area (TPSA) is 38.3 Å². The lowest BCUT2D eigenvalue weighted by molar-refractivity contribution is -0.128. The number of amides is 1. The van der Waals surface area contributed by atoms with E-state index in [2.05, 4.69) is 11.9 Å². The largest absolute Gasteiger partial charge is 0.381 e. The van der Waals surface area contributed by atoms with E-state index >= 15 is 0 Å². The molecule has 1 fully saturated rings. The first kappa shape index (κ1) is 10.5. The molecule has 1 atom stereocenters. The van der Waals surface area contributed by atoms with Gasteiger partial charge in [0.2, 0.25) is 5.91 Å². The molecule has 0 saturated carbocycles. The molecule has 1 aliphatic heterocycles. The molecule has 3 nitrogen and oxygen atoms in total. The van der Waals surface area contributed by atoms with Gasteiger partial charge in [0.1, 0.15) is 0 Å². The van der Waals surface area contributed by atoms with Crippen LogP contribution in [0, 0.1) is 5.92 Å². The molecule has 0 aromatic heterocycles. The van der Waals surface area contributed by atoms with Crippen molar-refractivity contribution in [2.45, 2.75) is 12.8 Å². The maximum atomic E-state index is 11.4. The fraction of sp³-hybridized carbons (Fsp3) is 0.667. The van der Waals surface area contributed by atoms with Gasteiger partial charge < -0.3 is 10.1 Å². The summed E-state index contributed by atoms with van der Waals surface area (Å²) < 4.78 is 5.19. The SMILES string of the molecule is C=C(Cl)CNC(=O)C1CCCOC1. The zero-order valence-corrected chi connectivity index (χ0v) is 8.27. The zero-order valence-electron chi connectivity index (χ0n) is 7.51. The number of hydrogen-bond acceptors (Lipinski definition) is 2. The number of hydrogen-bond donors (Lipinski definition) is 1. The van der Waals surface area contributed by atoms with Crippen LogP contribution in [-0.4, -0.2) is 25.7 Å². The smallest absolute Gasteiger partial charge is 0.225 e. The molecule has 1 unspecified atom stereocenters. The van der Waals surface area contributed by atoms with Crippen LogP contribution < -0.4 is 5.32 Å². The van der Waals surface area contributed by atoms with E-state index in [4.69, 9.17) is 16.3 Å². The van der Waals surface area contributed by atoms with Crippen molar-refractivity contribution < 1.29 is 9.53 Å². The summed E-state index contributed by atoms with van der Waals surface area (Å²) in [5.41, 5.74) is 0. The van der Waals surface area contributed by atoms with Crippen LogP contribution in [0.4, 0.5) is 0 Å². The van der Waals surface area contributed by atoms with Gasteiger partial charge in [-0.2, -0.15) is 0 Å². The fourth-order valence-corrected chi connectivity index (χ4v) is 1.34. The van der Waals surface area contributed by atoms with Crippen molar-refractivity contribution in [2.75, 3.05) is 19.8 Å². The van der Waals surface area contributed by atoms with Crippen LogP contribution >= 0.6 is 11.6 Å². The second-order valence-corrected chi connectivity index (χ2v) is 3.68. The van der Waals surface area contributed by atoms with Gasteiger partial charge in [-0.05, 0) is 12.8 Å². The van der Waals surface area contributed by atoms with Crippen LogP contribution in [0.2, 0.25) is 0 Å². The van der Waals surface area contributed by atoms with Crippen molar-refractivity contribution in [1.82, 2.24) is 5.32 Å². The second-order valence-electron chi connectivity index (χ2n) is 3.15. The van der Waals surface area contributed by atoms with Crippen molar-refractivity contribution in [2.24, 2.45) is 5.92 Å².